The zero-order valence-corrected chi connectivity index (χ0v) is 16.6. The second kappa shape index (κ2) is 8.24. The lowest BCUT2D eigenvalue weighted by atomic mass is 9.92. The van der Waals surface area contributed by atoms with E-state index in [4.69, 9.17) is 10.7 Å². The van der Waals surface area contributed by atoms with Gasteiger partial charge in [-0.25, -0.2) is 9.50 Å². The highest BCUT2D eigenvalue weighted by Gasteiger charge is 2.27. The SMILES string of the molecule is CC1CC(CN)CCN1c1nc(-c2cnn(C)c2)cn2nccc12.Cl.Cl. The topological polar surface area (TPSA) is 77.3 Å². The van der Waals surface area contributed by atoms with Crippen molar-refractivity contribution in [2.24, 2.45) is 18.7 Å². The lowest BCUT2D eigenvalue weighted by Gasteiger charge is -2.38. The molecular formula is C17H25Cl2N7. The molecular weight excluding hydrogens is 373 g/mol. The number of fused-ring (bicyclic) bond motifs is 1. The maximum absolute atomic E-state index is 5.87. The number of rotatable bonds is 3. The predicted molar refractivity (Wildman–Crippen MR) is 108 cm³/mol. The molecule has 0 spiro atoms. The molecule has 7 nitrogen and oxygen atoms in total. The Hall–Kier alpha value is -1.83. The third-order valence-corrected chi connectivity index (χ3v) is 4.96. The van der Waals surface area contributed by atoms with Crippen LogP contribution < -0.4 is 10.6 Å². The number of hydrogen-bond donors (Lipinski definition) is 1. The summed E-state index contributed by atoms with van der Waals surface area (Å²) in [6, 6.07) is 2.44. The average molecular weight is 398 g/mol. The number of aromatic nitrogens is 5. The Labute approximate surface area is 165 Å². The van der Waals surface area contributed by atoms with Gasteiger partial charge in [-0.2, -0.15) is 10.2 Å². The first-order valence-electron chi connectivity index (χ1n) is 8.46. The van der Waals surface area contributed by atoms with Gasteiger partial charge in [-0.15, -0.1) is 24.8 Å². The largest absolute Gasteiger partial charge is 0.352 e. The van der Waals surface area contributed by atoms with E-state index < -0.39 is 0 Å². The molecule has 2 atom stereocenters. The van der Waals surface area contributed by atoms with Crippen LogP contribution in [0.15, 0.2) is 30.9 Å². The van der Waals surface area contributed by atoms with Gasteiger partial charge >= 0.3 is 0 Å². The van der Waals surface area contributed by atoms with E-state index in [2.05, 4.69) is 22.0 Å². The summed E-state index contributed by atoms with van der Waals surface area (Å²) in [5.41, 5.74) is 8.80. The van der Waals surface area contributed by atoms with E-state index in [1.54, 1.807) is 4.68 Å². The van der Waals surface area contributed by atoms with E-state index >= 15 is 0 Å². The summed E-state index contributed by atoms with van der Waals surface area (Å²) < 4.78 is 3.70. The monoisotopic (exact) mass is 397 g/mol. The summed E-state index contributed by atoms with van der Waals surface area (Å²) >= 11 is 0. The lowest BCUT2D eigenvalue weighted by molar-refractivity contribution is 0.359. The molecule has 2 N–H and O–H groups in total. The Bertz CT molecular complexity index is 860. The molecule has 1 aliphatic rings. The fourth-order valence-corrected chi connectivity index (χ4v) is 3.61. The summed E-state index contributed by atoms with van der Waals surface area (Å²) in [6.45, 7) is 4.00. The van der Waals surface area contributed by atoms with E-state index in [9.17, 15) is 0 Å². The van der Waals surface area contributed by atoms with Gasteiger partial charge in [0, 0.05) is 31.4 Å². The second-order valence-corrected chi connectivity index (χ2v) is 6.68. The van der Waals surface area contributed by atoms with Crippen LogP contribution in [0.25, 0.3) is 16.8 Å². The third-order valence-electron chi connectivity index (χ3n) is 4.96. The van der Waals surface area contributed by atoms with E-state index in [0.717, 1.165) is 48.5 Å². The van der Waals surface area contributed by atoms with Gasteiger partial charge in [0.2, 0.25) is 0 Å². The number of anilines is 1. The first kappa shape index (κ1) is 20.5. The third kappa shape index (κ3) is 3.65. The van der Waals surface area contributed by atoms with Crippen molar-refractivity contribution in [1.29, 1.82) is 0 Å². The number of nitrogens with two attached hydrogens (primary N) is 1. The van der Waals surface area contributed by atoms with Gasteiger partial charge < -0.3 is 10.6 Å². The second-order valence-electron chi connectivity index (χ2n) is 6.68. The van der Waals surface area contributed by atoms with Crippen molar-refractivity contribution >= 4 is 36.1 Å². The molecule has 1 saturated heterocycles. The highest BCUT2D eigenvalue weighted by atomic mass is 35.5. The van der Waals surface area contributed by atoms with Gasteiger partial charge in [0.15, 0.2) is 5.82 Å². The minimum atomic E-state index is 0. The first-order chi connectivity index (χ1) is 11.7. The number of halogens is 2. The standard InChI is InChI=1S/C17H23N7.2ClH/c1-12-7-13(8-18)4-6-23(12)17-16-3-5-19-24(16)11-15(21-17)14-9-20-22(2)10-14;;/h3,5,9-13H,4,6-8,18H2,1-2H3;2*1H. The fraction of sp³-hybridized carbons (Fsp3) is 0.471. The van der Waals surface area contributed by atoms with Gasteiger partial charge in [0.25, 0.3) is 0 Å². The Morgan fingerprint density at radius 2 is 2.04 bits per heavy atom. The minimum Gasteiger partial charge on any atom is -0.352 e. The predicted octanol–water partition coefficient (Wildman–Crippen LogP) is 2.54. The molecule has 4 rings (SSSR count). The minimum absolute atomic E-state index is 0. The van der Waals surface area contributed by atoms with Crippen LogP contribution in [0.1, 0.15) is 19.8 Å². The number of nitrogens with zero attached hydrogens (tertiary/aromatic N) is 6. The van der Waals surface area contributed by atoms with Gasteiger partial charge in [-0.05, 0) is 38.3 Å². The van der Waals surface area contributed by atoms with Crippen LogP contribution in [0.4, 0.5) is 5.82 Å². The molecule has 3 aromatic heterocycles. The van der Waals surface area contributed by atoms with Crippen LogP contribution >= 0.6 is 24.8 Å². The Kier molecular flexibility index (Phi) is 6.49. The molecule has 1 aliphatic heterocycles. The van der Waals surface area contributed by atoms with Crippen LogP contribution in [0.5, 0.6) is 0 Å². The zero-order valence-electron chi connectivity index (χ0n) is 14.9. The average Bonchev–Trinajstić information content (AvgIpc) is 3.22. The molecule has 3 aromatic rings. The van der Waals surface area contributed by atoms with Crippen LogP contribution in [0.3, 0.4) is 0 Å². The highest BCUT2D eigenvalue weighted by molar-refractivity contribution is 5.85. The van der Waals surface area contributed by atoms with E-state index in [1.807, 2.05) is 42.4 Å². The van der Waals surface area contributed by atoms with Crippen LogP contribution in [-0.4, -0.2) is 43.5 Å². The number of piperidine rings is 1. The van der Waals surface area contributed by atoms with Crippen molar-refractivity contribution in [3.8, 4) is 11.3 Å². The smallest absolute Gasteiger partial charge is 0.155 e. The Balaban J connectivity index is 0.00000121. The van der Waals surface area contributed by atoms with Gasteiger partial charge in [0.05, 0.1) is 24.3 Å². The summed E-state index contributed by atoms with van der Waals surface area (Å²) in [6.07, 6.45) is 9.82. The summed E-state index contributed by atoms with van der Waals surface area (Å²) in [7, 11) is 1.91. The van der Waals surface area contributed by atoms with Crippen LogP contribution in [-0.2, 0) is 7.05 Å². The fourth-order valence-electron chi connectivity index (χ4n) is 3.61. The van der Waals surface area contributed by atoms with E-state index in [1.165, 1.54) is 0 Å². The molecule has 4 heterocycles. The van der Waals surface area contributed by atoms with Crippen molar-refractivity contribution in [3.05, 3.63) is 30.9 Å². The van der Waals surface area contributed by atoms with Gasteiger partial charge in [-0.3, -0.25) is 4.68 Å². The molecule has 1 fully saturated rings. The maximum Gasteiger partial charge on any atom is 0.155 e. The van der Waals surface area contributed by atoms with Gasteiger partial charge in [-0.1, -0.05) is 0 Å². The van der Waals surface area contributed by atoms with Crippen molar-refractivity contribution in [2.75, 3.05) is 18.0 Å². The normalized spacial score (nSPS) is 19.9. The van der Waals surface area contributed by atoms with Crippen LogP contribution in [0, 0.1) is 5.92 Å². The van der Waals surface area contributed by atoms with E-state index in [-0.39, 0.29) is 24.8 Å². The molecule has 0 aliphatic carbocycles. The number of hydrogen-bond acceptors (Lipinski definition) is 5. The maximum atomic E-state index is 5.87. The molecule has 0 aromatic carbocycles. The van der Waals surface area contributed by atoms with Crippen molar-refractivity contribution in [3.63, 3.8) is 0 Å². The summed E-state index contributed by atoms with van der Waals surface area (Å²) in [5, 5.41) is 8.68. The molecule has 26 heavy (non-hydrogen) atoms. The first-order valence-corrected chi connectivity index (χ1v) is 8.46. The van der Waals surface area contributed by atoms with Crippen LogP contribution in [0.2, 0.25) is 0 Å². The summed E-state index contributed by atoms with van der Waals surface area (Å²) in [5.74, 6) is 1.61. The quantitative estimate of drug-likeness (QED) is 0.734. The lowest BCUT2D eigenvalue weighted by Crippen LogP contribution is -2.43. The molecule has 0 amide bonds. The van der Waals surface area contributed by atoms with Crippen molar-refractivity contribution in [2.45, 2.75) is 25.8 Å². The zero-order chi connectivity index (χ0) is 16.7. The highest BCUT2D eigenvalue weighted by Crippen LogP contribution is 2.31. The molecule has 142 valence electrons. The Morgan fingerprint density at radius 3 is 2.69 bits per heavy atom. The van der Waals surface area contributed by atoms with Crippen molar-refractivity contribution < 1.29 is 0 Å². The van der Waals surface area contributed by atoms with Gasteiger partial charge in [0.1, 0.15) is 5.52 Å². The molecule has 2 unspecified atom stereocenters. The molecule has 0 radical (unpaired) electrons. The number of aryl methyl sites for hydroxylation is 1. The van der Waals surface area contributed by atoms with E-state index in [0.29, 0.717) is 12.0 Å². The van der Waals surface area contributed by atoms with Crippen molar-refractivity contribution in [1.82, 2.24) is 24.4 Å². The molecule has 0 bridgehead atoms. The molecule has 9 heteroatoms. The molecule has 0 saturated carbocycles. The Morgan fingerprint density at radius 1 is 1.23 bits per heavy atom. The summed E-state index contributed by atoms with van der Waals surface area (Å²) in [4.78, 5) is 7.35.